The summed E-state index contributed by atoms with van der Waals surface area (Å²) >= 11 is 0. The van der Waals surface area contributed by atoms with Gasteiger partial charge in [-0.15, -0.1) is 0 Å². The third-order valence-corrected chi connectivity index (χ3v) is 3.56. The predicted molar refractivity (Wildman–Crippen MR) is 80.2 cm³/mol. The standard InChI is InChI=1S/C15H26N2O4/c1-12(2)11-21-9-8-16-14(20)17-15(10-13(18)19)6-4-3-5-7-15/h1,3-11H2,2H3,(H,18,19)(H2,16,17,20). The van der Waals surface area contributed by atoms with Crippen LogP contribution >= 0.6 is 0 Å². The largest absolute Gasteiger partial charge is 0.481 e. The lowest BCUT2D eigenvalue weighted by atomic mass is 9.79. The van der Waals surface area contributed by atoms with E-state index in [1.165, 1.54) is 0 Å². The molecule has 1 rings (SSSR count). The number of rotatable bonds is 8. The molecule has 0 bridgehead atoms. The number of hydrogen-bond acceptors (Lipinski definition) is 3. The van der Waals surface area contributed by atoms with Crippen LogP contribution in [0.1, 0.15) is 45.4 Å². The van der Waals surface area contributed by atoms with Crippen molar-refractivity contribution >= 4 is 12.0 Å². The molecule has 1 aliphatic carbocycles. The maximum absolute atomic E-state index is 11.9. The molecule has 0 aromatic heterocycles. The van der Waals surface area contributed by atoms with Crippen LogP contribution in [0.15, 0.2) is 12.2 Å². The van der Waals surface area contributed by atoms with Crippen molar-refractivity contribution in [1.29, 1.82) is 0 Å². The van der Waals surface area contributed by atoms with Crippen molar-refractivity contribution in [2.75, 3.05) is 19.8 Å². The Kier molecular flexibility index (Phi) is 7.22. The molecule has 0 aromatic rings. The predicted octanol–water partition coefficient (Wildman–Crippen LogP) is 2.06. The highest BCUT2D eigenvalue weighted by Crippen LogP contribution is 2.31. The van der Waals surface area contributed by atoms with Crippen molar-refractivity contribution in [1.82, 2.24) is 10.6 Å². The fourth-order valence-corrected chi connectivity index (χ4v) is 2.63. The van der Waals surface area contributed by atoms with E-state index in [1.54, 1.807) is 0 Å². The van der Waals surface area contributed by atoms with Gasteiger partial charge in [0.25, 0.3) is 0 Å². The molecule has 6 nitrogen and oxygen atoms in total. The lowest BCUT2D eigenvalue weighted by Crippen LogP contribution is -2.54. The van der Waals surface area contributed by atoms with Crippen LogP contribution in [0.25, 0.3) is 0 Å². The van der Waals surface area contributed by atoms with Crippen molar-refractivity contribution < 1.29 is 19.4 Å². The van der Waals surface area contributed by atoms with Gasteiger partial charge in [-0.25, -0.2) is 4.79 Å². The Bertz CT molecular complexity index is 376. The Morgan fingerprint density at radius 2 is 1.95 bits per heavy atom. The first-order valence-corrected chi connectivity index (χ1v) is 7.43. The van der Waals surface area contributed by atoms with Crippen LogP contribution in [0.3, 0.4) is 0 Å². The second kappa shape index (κ2) is 8.67. The summed E-state index contributed by atoms with van der Waals surface area (Å²) in [5.74, 6) is -0.873. The fourth-order valence-electron chi connectivity index (χ4n) is 2.63. The summed E-state index contributed by atoms with van der Waals surface area (Å²) in [6, 6.07) is -0.322. The Morgan fingerprint density at radius 1 is 1.29 bits per heavy atom. The van der Waals surface area contributed by atoms with E-state index in [9.17, 15) is 9.59 Å². The molecule has 21 heavy (non-hydrogen) atoms. The van der Waals surface area contributed by atoms with Gasteiger partial charge in [0.1, 0.15) is 0 Å². The van der Waals surface area contributed by atoms with Crippen molar-refractivity contribution in [3.63, 3.8) is 0 Å². The normalized spacial score (nSPS) is 17.0. The molecule has 1 fully saturated rings. The van der Waals surface area contributed by atoms with E-state index < -0.39 is 11.5 Å². The van der Waals surface area contributed by atoms with Gasteiger partial charge < -0.3 is 20.5 Å². The van der Waals surface area contributed by atoms with Crippen molar-refractivity contribution in [2.24, 2.45) is 0 Å². The molecule has 3 N–H and O–H groups in total. The van der Waals surface area contributed by atoms with Gasteiger partial charge in [-0.05, 0) is 19.8 Å². The van der Waals surface area contributed by atoms with Crippen LogP contribution in [0, 0.1) is 0 Å². The Labute approximate surface area is 125 Å². The van der Waals surface area contributed by atoms with E-state index in [2.05, 4.69) is 17.2 Å². The molecule has 0 aliphatic heterocycles. The van der Waals surface area contributed by atoms with Crippen LogP contribution in [-0.2, 0) is 9.53 Å². The second-order valence-electron chi connectivity index (χ2n) is 5.80. The van der Waals surface area contributed by atoms with E-state index in [-0.39, 0.29) is 12.5 Å². The van der Waals surface area contributed by atoms with E-state index >= 15 is 0 Å². The Hall–Kier alpha value is -1.56. The maximum Gasteiger partial charge on any atom is 0.315 e. The number of carbonyl (C=O) groups is 2. The molecule has 1 saturated carbocycles. The van der Waals surface area contributed by atoms with Crippen LogP contribution < -0.4 is 10.6 Å². The summed E-state index contributed by atoms with van der Waals surface area (Å²) in [4.78, 5) is 22.9. The van der Waals surface area contributed by atoms with E-state index in [1.807, 2.05) is 6.92 Å². The number of amides is 2. The molecule has 0 heterocycles. The summed E-state index contributed by atoms with van der Waals surface area (Å²) in [5, 5.41) is 14.6. The van der Waals surface area contributed by atoms with Gasteiger partial charge >= 0.3 is 12.0 Å². The molecular weight excluding hydrogens is 272 g/mol. The molecule has 0 saturated heterocycles. The van der Waals surface area contributed by atoms with Gasteiger partial charge in [0.15, 0.2) is 0 Å². The molecule has 0 atom stereocenters. The zero-order valence-electron chi connectivity index (χ0n) is 12.7. The number of carbonyl (C=O) groups excluding carboxylic acids is 1. The first kappa shape index (κ1) is 17.5. The number of urea groups is 1. The van der Waals surface area contributed by atoms with Gasteiger partial charge in [0.05, 0.1) is 25.2 Å². The third kappa shape index (κ3) is 7.13. The highest BCUT2D eigenvalue weighted by molar-refractivity contribution is 5.76. The minimum absolute atomic E-state index is 0.0213. The zero-order valence-corrected chi connectivity index (χ0v) is 12.7. The SMILES string of the molecule is C=C(C)COCCNC(=O)NC1(CC(=O)O)CCCCC1. The number of aliphatic carboxylic acids is 1. The highest BCUT2D eigenvalue weighted by Gasteiger charge is 2.35. The second-order valence-corrected chi connectivity index (χ2v) is 5.80. The molecule has 120 valence electrons. The number of hydrogen-bond donors (Lipinski definition) is 3. The van der Waals surface area contributed by atoms with Crippen molar-refractivity contribution in [2.45, 2.75) is 51.0 Å². The molecule has 0 aromatic carbocycles. The monoisotopic (exact) mass is 298 g/mol. The summed E-state index contributed by atoms with van der Waals surface area (Å²) in [6.07, 6.45) is 4.42. The number of ether oxygens (including phenoxy) is 1. The van der Waals surface area contributed by atoms with Crippen LogP contribution in [0.5, 0.6) is 0 Å². The quantitative estimate of drug-likeness (QED) is 0.473. The third-order valence-electron chi connectivity index (χ3n) is 3.56. The molecule has 0 spiro atoms. The number of carboxylic acids is 1. The van der Waals surface area contributed by atoms with Gasteiger partial charge in [0.2, 0.25) is 0 Å². The van der Waals surface area contributed by atoms with E-state index in [0.717, 1.165) is 37.7 Å². The topological polar surface area (TPSA) is 87.7 Å². The average molecular weight is 298 g/mol. The van der Waals surface area contributed by atoms with Crippen LogP contribution in [0.2, 0.25) is 0 Å². The first-order valence-electron chi connectivity index (χ1n) is 7.43. The molecular formula is C15H26N2O4. The molecule has 6 heteroatoms. The van der Waals surface area contributed by atoms with Gasteiger partial charge in [-0.3, -0.25) is 4.79 Å². The lowest BCUT2D eigenvalue weighted by molar-refractivity contribution is -0.139. The first-order chi connectivity index (χ1) is 9.93. The summed E-state index contributed by atoms with van der Waals surface area (Å²) in [6.45, 7) is 6.87. The van der Waals surface area contributed by atoms with Crippen molar-refractivity contribution in [3.05, 3.63) is 12.2 Å². The van der Waals surface area contributed by atoms with Crippen LogP contribution in [0.4, 0.5) is 4.79 Å². The number of nitrogens with one attached hydrogen (secondary N) is 2. The molecule has 2 amide bonds. The summed E-state index contributed by atoms with van der Waals surface area (Å²) in [5.41, 5.74) is 0.328. The van der Waals surface area contributed by atoms with Gasteiger partial charge in [-0.2, -0.15) is 0 Å². The van der Waals surface area contributed by atoms with E-state index in [0.29, 0.717) is 19.8 Å². The molecule has 1 aliphatic rings. The highest BCUT2D eigenvalue weighted by atomic mass is 16.5. The minimum atomic E-state index is -0.873. The zero-order chi connectivity index (χ0) is 15.7. The lowest BCUT2D eigenvalue weighted by Gasteiger charge is -2.36. The fraction of sp³-hybridized carbons (Fsp3) is 0.733. The van der Waals surface area contributed by atoms with Gasteiger partial charge in [-0.1, -0.05) is 31.4 Å². The maximum atomic E-state index is 11.9. The average Bonchev–Trinajstić information content (AvgIpc) is 2.37. The van der Waals surface area contributed by atoms with Gasteiger partial charge in [0, 0.05) is 6.54 Å². The minimum Gasteiger partial charge on any atom is -0.481 e. The van der Waals surface area contributed by atoms with Crippen molar-refractivity contribution in [3.8, 4) is 0 Å². The smallest absolute Gasteiger partial charge is 0.315 e. The molecule has 0 radical (unpaired) electrons. The Balaban J connectivity index is 2.34. The summed E-state index contributed by atoms with van der Waals surface area (Å²) < 4.78 is 5.29. The van der Waals surface area contributed by atoms with Crippen LogP contribution in [-0.4, -0.2) is 42.4 Å². The van der Waals surface area contributed by atoms with E-state index in [4.69, 9.17) is 9.84 Å². The summed E-state index contributed by atoms with van der Waals surface area (Å²) in [7, 11) is 0. The number of carboxylic acid groups (broad SMARTS) is 1. The Morgan fingerprint density at radius 3 is 2.52 bits per heavy atom. The molecule has 0 unspecified atom stereocenters.